The molecule has 0 aromatic heterocycles. The van der Waals surface area contributed by atoms with Crippen LogP contribution < -0.4 is 5.73 Å². The van der Waals surface area contributed by atoms with Crippen molar-refractivity contribution in [2.75, 3.05) is 6.54 Å². The van der Waals surface area contributed by atoms with Gasteiger partial charge in [0.2, 0.25) is 0 Å². The van der Waals surface area contributed by atoms with Crippen LogP contribution in [0.2, 0.25) is 0 Å². The number of rotatable bonds is 3. The summed E-state index contributed by atoms with van der Waals surface area (Å²) < 4.78 is 0. The minimum Gasteiger partial charge on any atom is -0.508 e. The molecule has 1 aromatic carbocycles. The van der Waals surface area contributed by atoms with Crippen LogP contribution in [-0.2, 0) is 0 Å². The molecule has 0 aliphatic rings. The van der Waals surface area contributed by atoms with Gasteiger partial charge in [0.25, 0.3) is 0 Å². The highest BCUT2D eigenvalue weighted by molar-refractivity contribution is 5.69. The van der Waals surface area contributed by atoms with E-state index in [0.29, 0.717) is 18.5 Å². The summed E-state index contributed by atoms with van der Waals surface area (Å²) in [7, 11) is 0. The summed E-state index contributed by atoms with van der Waals surface area (Å²) in [6.45, 7) is 4.25. The lowest BCUT2D eigenvalue weighted by Gasteiger charge is -2.06. The van der Waals surface area contributed by atoms with Crippen molar-refractivity contribution < 1.29 is 10.2 Å². The molecule has 1 aromatic rings. The lowest BCUT2D eigenvalue weighted by Crippen LogP contribution is -1.99. The predicted molar refractivity (Wildman–Crippen MR) is 52.5 cm³/mol. The van der Waals surface area contributed by atoms with Crippen LogP contribution in [0.25, 0.3) is 5.57 Å². The second-order valence-corrected chi connectivity index (χ2v) is 2.84. The van der Waals surface area contributed by atoms with Crippen LogP contribution in [0.3, 0.4) is 0 Å². The molecular weight excluding hydrogens is 166 g/mol. The van der Waals surface area contributed by atoms with Gasteiger partial charge < -0.3 is 15.9 Å². The van der Waals surface area contributed by atoms with E-state index in [1.165, 1.54) is 18.2 Å². The Morgan fingerprint density at radius 1 is 1.38 bits per heavy atom. The summed E-state index contributed by atoms with van der Waals surface area (Å²) in [4.78, 5) is 0. The number of hydrogen-bond acceptors (Lipinski definition) is 3. The normalized spacial score (nSPS) is 9.92. The van der Waals surface area contributed by atoms with E-state index in [4.69, 9.17) is 5.73 Å². The van der Waals surface area contributed by atoms with Crippen LogP contribution in [0.4, 0.5) is 0 Å². The van der Waals surface area contributed by atoms with Crippen molar-refractivity contribution in [1.82, 2.24) is 0 Å². The summed E-state index contributed by atoms with van der Waals surface area (Å²) in [6.07, 6.45) is 0.608. The molecule has 3 heteroatoms. The van der Waals surface area contributed by atoms with E-state index >= 15 is 0 Å². The van der Waals surface area contributed by atoms with Crippen molar-refractivity contribution in [1.29, 1.82) is 0 Å². The third-order valence-electron chi connectivity index (χ3n) is 1.81. The zero-order valence-corrected chi connectivity index (χ0v) is 7.33. The number of nitrogens with two attached hydrogens (primary N) is 1. The molecule has 1 rings (SSSR count). The molecule has 4 N–H and O–H groups in total. The first-order chi connectivity index (χ1) is 6.15. The molecule has 0 radical (unpaired) electrons. The average Bonchev–Trinajstić information content (AvgIpc) is 2.09. The van der Waals surface area contributed by atoms with Gasteiger partial charge in [-0.05, 0) is 36.7 Å². The highest BCUT2D eigenvalue weighted by Crippen LogP contribution is 2.28. The van der Waals surface area contributed by atoms with Gasteiger partial charge in [-0.1, -0.05) is 6.58 Å². The molecule has 0 aliphatic carbocycles. The Morgan fingerprint density at radius 2 is 2.08 bits per heavy atom. The smallest absolute Gasteiger partial charge is 0.123 e. The zero-order valence-electron chi connectivity index (χ0n) is 7.33. The fourth-order valence-corrected chi connectivity index (χ4v) is 1.12. The summed E-state index contributed by atoms with van der Waals surface area (Å²) in [5, 5.41) is 18.6. The number of benzene rings is 1. The minimum absolute atomic E-state index is 0.117. The quantitative estimate of drug-likeness (QED) is 0.615. The molecule has 0 unspecified atom stereocenters. The molecular formula is C10H13NO2. The Labute approximate surface area is 77.1 Å². The monoisotopic (exact) mass is 179 g/mol. The number of phenolic OH excluding ortho intramolecular Hbond substituents is 2. The Morgan fingerprint density at radius 3 is 2.69 bits per heavy atom. The van der Waals surface area contributed by atoms with Gasteiger partial charge in [-0.2, -0.15) is 0 Å². The van der Waals surface area contributed by atoms with Crippen LogP contribution in [0, 0.1) is 0 Å². The number of aromatic hydroxyl groups is 2. The van der Waals surface area contributed by atoms with Gasteiger partial charge in [0.15, 0.2) is 0 Å². The Kier molecular flexibility index (Phi) is 2.93. The first kappa shape index (κ1) is 9.61. The summed E-state index contributed by atoms with van der Waals surface area (Å²) in [5.74, 6) is 0.238. The maximum Gasteiger partial charge on any atom is 0.123 e. The lowest BCUT2D eigenvalue weighted by molar-refractivity contribution is 0.458. The molecule has 0 spiro atoms. The van der Waals surface area contributed by atoms with Gasteiger partial charge in [-0.25, -0.2) is 0 Å². The first-order valence-electron chi connectivity index (χ1n) is 4.05. The number of phenols is 2. The Balaban J connectivity index is 2.99. The highest BCUT2D eigenvalue weighted by Gasteiger charge is 2.05. The second kappa shape index (κ2) is 3.96. The summed E-state index contributed by atoms with van der Waals surface area (Å²) in [5.41, 5.74) is 6.64. The van der Waals surface area contributed by atoms with Crippen LogP contribution in [-0.4, -0.2) is 16.8 Å². The first-order valence-corrected chi connectivity index (χ1v) is 4.05. The number of hydrogen-bond donors (Lipinski definition) is 3. The molecule has 13 heavy (non-hydrogen) atoms. The molecule has 0 saturated heterocycles. The van der Waals surface area contributed by atoms with Crippen molar-refractivity contribution in [2.45, 2.75) is 6.42 Å². The molecule has 0 atom stereocenters. The van der Waals surface area contributed by atoms with Gasteiger partial charge in [-0.3, -0.25) is 0 Å². The second-order valence-electron chi connectivity index (χ2n) is 2.84. The SMILES string of the molecule is C=C(CCN)c1cc(O)ccc1O. The van der Waals surface area contributed by atoms with E-state index in [1.807, 2.05) is 0 Å². The van der Waals surface area contributed by atoms with E-state index in [0.717, 1.165) is 5.57 Å². The van der Waals surface area contributed by atoms with Gasteiger partial charge in [0, 0.05) is 5.56 Å². The van der Waals surface area contributed by atoms with E-state index < -0.39 is 0 Å². The fourth-order valence-electron chi connectivity index (χ4n) is 1.12. The largest absolute Gasteiger partial charge is 0.508 e. The van der Waals surface area contributed by atoms with E-state index in [-0.39, 0.29) is 11.5 Å². The van der Waals surface area contributed by atoms with Crippen molar-refractivity contribution in [3.63, 3.8) is 0 Å². The van der Waals surface area contributed by atoms with Gasteiger partial charge in [0.1, 0.15) is 11.5 Å². The predicted octanol–water partition coefficient (Wildman–Crippen LogP) is 1.46. The van der Waals surface area contributed by atoms with E-state index in [2.05, 4.69) is 6.58 Å². The molecule has 0 aliphatic heterocycles. The topological polar surface area (TPSA) is 66.5 Å². The van der Waals surface area contributed by atoms with Crippen molar-refractivity contribution in [3.05, 3.63) is 30.3 Å². The summed E-state index contributed by atoms with van der Waals surface area (Å²) >= 11 is 0. The fraction of sp³-hybridized carbons (Fsp3) is 0.200. The van der Waals surface area contributed by atoms with Crippen molar-refractivity contribution in [2.24, 2.45) is 5.73 Å². The molecule has 0 amide bonds. The van der Waals surface area contributed by atoms with Crippen LogP contribution in [0.1, 0.15) is 12.0 Å². The van der Waals surface area contributed by atoms with Crippen molar-refractivity contribution in [3.8, 4) is 11.5 Å². The van der Waals surface area contributed by atoms with Crippen molar-refractivity contribution >= 4 is 5.57 Å². The third-order valence-corrected chi connectivity index (χ3v) is 1.81. The molecule has 3 nitrogen and oxygen atoms in total. The third kappa shape index (κ3) is 2.23. The van der Waals surface area contributed by atoms with E-state index in [1.54, 1.807) is 0 Å². The van der Waals surface area contributed by atoms with Crippen LogP contribution >= 0.6 is 0 Å². The maximum absolute atomic E-state index is 9.42. The highest BCUT2D eigenvalue weighted by atomic mass is 16.3. The average molecular weight is 179 g/mol. The molecule has 0 heterocycles. The molecule has 0 bridgehead atoms. The van der Waals surface area contributed by atoms with E-state index in [9.17, 15) is 10.2 Å². The standard InChI is InChI=1S/C10H13NO2/c1-7(4-5-11)9-6-8(12)2-3-10(9)13/h2-3,6,12-13H,1,4-5,11H2. The maximum atomic E-state index is 9.42. The molecule has 0 saturated carbocycles. The van der Waals surface area contributed by atoms with Crippen LogP contribution in [0.5, 0.6) is 11.5 Å². The van der Waals surface area contributed by atoms with Gasteiger partial charge in [-0.15, -0.1) is 0 Å². The minimum atomic E-state index is 0.117. The van der Waals surface area contributed by atoms with Gasteiger partial charge >= 0.3 is 0 Å². The van der Waals surface area contributed by atoms with Crippen LogP contribution in [0.15, 0.2) is 24.8 Å². The van der Waals surface area contributed by atoms with Gasteiger partial charge in [0.05, 0.1) is 0 Å². The summed E-state index contributed by atoms with van der Waals surface area (Å²) in [6, 6.07) is 4.34. The molecule has 0 fully saturated rings. The molecule has 70 valence electrons. The Bertz CT molecular complexity index is 321. The lowest BCUT2D eigenvalue weighted by atomic mass is 10.0. The zero-order chi connectivity index (χ0) is 9.84. The Hall–Kier alpha value is -1.48.